The van der Waals surface area contributed by atoms with Crippen LogP contribution in [0, 0.1) is 6.92 Å². The molecule has 2 aromatic rings. The van der Waals surface area contributed by atoms with Crippen LogP contribution in [0.4, 0.5) is 5.69 Å². The molecule has 3 nitrogen and oxygen atoms in total. The highest BCUT2D eigenvalue weighted by atomic mass is 15.1. The van der Waals surface area contributed by atoms with Crippen LogP contribution in [0.5, 0.6) is 0 Å². The predicted molar refractivity (Wildman–Crippen MR) is 84.7 cm³/mol. The van der Waals surface area contributed by atoms with Gasteiger partial charge in [-0.2, -0.15) is 0 Å². The van der Waals surface area contributed by atoms with E-state index >= 15 is 0 Å². The van der Waals surface area contributed by atoms with E-state index in [1.807, 2.05) is 12.3 Å². The number of pyridine rings is 1. The molecule has 1 heterocycles. The molecule has 1 atom stereocenters. The molecule has 1 aromatic carbocycles. The summed E-state index contributed by atoms with van der Waals surface area (Å²) in [7, 11) is 2.09. The fourth-order valence-electron chi connectivity index (χ4n) is 2.19. The number of hydrogen-bond donors (Lipinski definition) is 1. The highest BCUT2D eigenvalue weighted by molar-refractivity contribution is 5.45. The molecule has 0 aliphatic heterocycles. The lowest BCUT2D eigenvalue weighted by molar-refractivity contribution is 0.675. The summed E-state index contributed by atoms with van der Waals surface area (Å²) in [6.45, 7) is 5.10. The molecule has 0 fully saturated rings. The molecule has 0 saturated carbocycles. The summed E-state index contributed by atoms with van der Waals surface area (Å²) in [5.41, 5.74) is 10.7. The quantitative estimate of drug-likeness (QED) is 0.904. The second kappa shape index (κ2) is 6.53. The number of hydrogen-bond acceptors (Lipinski definition) is 3. The Balaban J connectivity index is 2.10. The van der Waals surface area contributed by atoms with E-state index in [-0.39, 0.29) is 6.04 Å². The van der Waals surface area contributed by atoms with Gasteiger partial charge in [0.05, 0.1) is 17.6 Å². The first-order valence-corrected chi connectivity index (χ1v) is 7.09. The molecule has 106 valence electrons. The molecule has 2 N–H and O–H groups in total. The molecule has 0 radical (unpaired) electrons. The minimum atomic E-state index is 0.0331. The normalized spacial score (nSPS) is 12.2. The van der Waals surface area contributed by atoms with Crippen molar-refractivity contribution in [2.75, 3.05) is 11.9 Å². The van der Waals surface area contributed by atoms with Crippen molar-refractivity contribution in [3.05, 3.63) is 59.4 Å². The van der Waals surface area contributed by atoms with E-state index in [9.17, 15) is 0 Å². The SMILES string of the molecule is CC[C@H](N)c1ccc(N(C)Cc2ccccc2C)cn1. The molecule has 0 bridgehead atoms. The molecule has 0 amide bonds. The Labute approximate surface area is 121 Å². The fourth-order valence-corrected chi connectivity index (χ4v) is 2.19. The summed E-state index contributed by atoms with van der Waals surface area (Å²) >= 11 is 0. The Morgan fingerprint density at radius 3 is 2.55 bits per heavy atom. The zero-order valence-electron chi connectivity index (χ0n) is 12.5. The lowest BCUT2D eigenvalue weighted by atomic mass is 10.1. The van der Waals surface area contributed by atoms with Crippen molar-refractivity contribution in [2.24, 2.45) is 5.73 Å². The first-order chi connectivity index (χ1) is 9.61. The topological polar surface area (TPSA) is 42.1 Å². The maximum atomic E-state index is 5.99. The minimum absolute atomic E-state index is 0.0331. The highest BCUT2D eigenvalue weighted by Gasteiger charge is 2.07. The van der Waals surface area contributed by atoms with Gasteiger partial charge in [-0.05, 0) is 36.6 Å². The number of aromatic nitrogens is 1. The number of nitrogens with zero attached hydrogens (tertiary/aromatic N) is 2. The van der Waals surface area contributed by atoms with Gasteiger partial charge in [0.1, 0.15) is 0 Å². The van der Waals surface area contributed by atoms with Crippen molar-refractivity contribution in [3.8, 4) is 0 Å². The van der Waals surface area contributed by atoms with Gasteiger partial charge in [-0.1, -0.05) is 31.2 Å². The zero-order chi connectivity index (χ0) is 14.5. The molecule has 0 spiro atoms. The number of aryl methyl sites for hydroxylation is 1. The van der Waals surface area contributed by atoms with Crippen LogP contribution in [0.2, 0.25) is 0 Å². The third kappa shape index (κ3) is 3.36. The van der Waals surface area contributed by atoms with Crippen molar-refractivity contribution in [1.29, 1.82) is 0 Å². The molecular weight excluding hydrogens is 246 g/mol. The van der Waals surface area contributed by atoms with E-state index in [0.29, 0.717) is 0 Å². The molecular formula is C17H23N3. The predicted octanol–water partition coefficient (Wildman–Crippen LogP) is 3.44. The average Bonchev–Trinajstić information content (AvgIpc) is 2.49. The van der Waals surface area contributed by atoms with Gasteiger partial charge in [-0.25, -0.2) is 0 Å². The maximum Gasteiger partial charge on any atom is 0.0572 e. The number of rotatable bonds is 5. The smallest absolute Gasteiger partial charge is 0.0572 e. The van der Waals surface area contributed by atoms with Gasteiger partial charge in [0.15, 0.2) is 0 Å². The van der Waals surface area contributed by atoms with Gasteiger partial charge in [-0.3, -0.25) is 4.98 Å². The van der Waals surface area contributed by atoms with Gasteiger partial charge in [0.25, 0.3) is 0 Å². The Bertz CT molecular complexity index is 548. The van der Waals surface area contributed by atoms with Crippen molar-refractivity contribution in [1.82, 2.24) is 4.98 Å². The maximum absolute atomic E-state index is 5.99. The lowest BCUT2D eigenvalue weighted by Crippen LogP contribution is -2.18. The van der Waals surface area contributed by atoms with Crippen LogP contribution in [-0.2, 0) is 6.54 Å². The van der Waals surface area contributed by atoms with Gasteiger partial charge >= 0.3 is 0 Å². The molecule has 0 saturated heterocycles. The van der Waals surface area contributed by atoms with Crippen LogP contribution in [-0.4, -0.2) is 12.0 Å². The fraction of sp³-hybridized carbons (Fsp3) is 0.353. The second-order valence-corrected chi connectivity index (χ2v) is 5.24. The Kier molecular flexibility index (Phi) is 4.74. The summed E-state index contributed by atoms with van der Waals surface area (Å²) in [6.07, 6.45) is 2.81. The first kappa shape index (κ1) is 14.5. The Morgan fingerprint density at radius 2 is 1.95 bits per heavy atom. The summed E-state index contributed by atoms with van der Waals surface area (Å²) in [6, 6.07) is 12.6. The van der Waals surface area contributed by atoms with Crippen LogP contribution in [0.1, 0.15) is 36.2 Å². The summed E-state index contributed by atoms with van der Waals surface area (Å²) in [5.74, 6) is 0. The molecule has 3 heteroatoms. The Hall–Kier alpha value is -1.87. The van der Waals surface area contributed by atoms with Gasteiger partial charge < -0.3 is 10.6 Å². The molecule has 2 rings (SSSR count). The van der Waals surface area contributed by atoms with Crippen molar-refractivity contribution < 1.29 is 0 Å². The third-order valence-electron chi connectivity index (χ3n) is 3.70. The third-order valence-corrected chi connectivity index (χ3v) is 3.70. The average molecular weight is 269 g/mol. The molecule has 0 unspecified atom stereocenters. The highest BCUT2D eigenvalue weighted by Crippen LogP contribution is 2.19. The molecule has 0 aliphatic carbocycles. The van der Waals surface area contributed by atoms with Crippen molar-refractivity contribution in [3.63, 3.8) is 0 Å². The van der Waals surface area contributed by atoms with E-state index in [1.54, 1.807) is 0 Å². The van der Waals surface area contributed by atoms with E-state index in [0.717, 1.165) is 24.3 Å². The van der Waals surface area contributed by atoms with E-state index < -0.39 is 0 Å². The minimum Gasteiger partial charge on any atom is -0.369 e. The van der Waals surface area contributed by atoms with E-state index in [4.69, 9.17) is 5.73 Å². The van der Waals surface area contributed by atoms with Crippen LogP contribution < -0.4 is 10.6 Å². The zero-order valence-corrected chi connectivity index (χ0v) is 12.5. The Morgan fingerprint density at radius 1 is 1.20 bits per heavy atom. The van der Waals surface area contributed by atoms with Crippen molar-refractivity contribution >= 4 is 5.69 Å². The van der Waals surface area contributed by atoms with Gasteiger partial charge in [-0.15, -0.1) is 0 Å². The van der Waals surface area contributed by atoms with Crippen molar-refractivity contribution in [2.45, 2.75) is 32.9 Å². The van der Waals surface area contributed by atoms with Crippen LogP contribution in [0.15, 0.2) is 42.6 Å². The van der Waals surface area contributed by atoms with Gasteiger partial charge in [0, 0.05) is 19.6 Å². The first-order valence-electron chi connectivity index (χ1n) is 7.09. The van der Waals surface area contributed by atoms with Crippen LogP contribution in [0.3, 0.4) is 0 Å². The monoisotopic (exact) mass is 269 g/mol. The molecule has 1 aromatic heterocycles. The standard InChI is InChI=1S/C17H23N3/c1-4-16(18)17-10-9-15(11-19-17)20(3)12-14-8-6-5-7-13(14)2/h5-11,16H,4,12,18H2,1-3H3/t16-/m0/s1. The number of anilines is 1. The second-order valence-electron chi connectivity index (χ2n) is 5.24. The lowest BCUT2D eigenvalue weighted by Gasteiger charge is -2.21. The number of benzene rings is 1. The summed E-state index contributed by atoms with van der Waals surface area (Å²) < 4.78 is 0. The van der Waals surface area contributed by atoms with E-state index in [2.05, 4.69) is 61.1 Å². The van der Waals surface area contributed by atoms with E-state index in [1.165, 1.54) is 11.1 Å². The molecule has 20 heavy (non-hydrogen) atoms. The van der Waals surface area contributed by atoms with Crippen LogP contribution >= 0.6 is 0 Å². The summed E-state index contributed by atoms with van der Waals surface area (Å²) in [5, 5.41) is 0. The largest absolute Gasteiger partial charge is 0.369 e. The number of nitrogens with two attached hydrogens (primary N) is 1. The van der Waals surface area contributed by atoms with Gasteiger partial charge in [0.2, 0.25) is 0 Å². The molecule has 0 aliphatic rings. The van der Waals surface area contributed by atoms with Crippen LogP contribution in [0.25, 0.3) is 0 Å². The summed E-state index contributed by atoms with van der Waals surface area (Å²) in [4.78, 5) is 6.67.